The largest absolute Gasteiger partial charge is 0.456 e. The molecule has 0 bridgehead atoms. The van der Waals surface area contributed by atoms with Crippen molar-refractivity contribution in [2.24, 2.45) is 0 Å². The molecule has 1 heterocycles. The van der Waals surface area contributed by atoms with Crippen LogP contribution >= 0.6 is 23.2 Å². The number of aryl methyl sites for hydroxylation is 1. The monoisotopic (exact) mass is 492 g/mol. The van der Waals surface area contributed by atoms with Crippen LogP contribution < -0.4 is 5.56 Å². The Morgan fingerprint density at radius 1 is 1.12 bits per heavy atom. The molecule has 2 aromatic rings. The summed E-state index contributed by atoms with van der Waals surface area (Å²) >= 11 is 12.8. The summed E-state index contributed by atoms with van der Waals surface area (Å²) in [6.07, 6.45) is 5.50. The second-order valence-electron chi connectivity index (χ2n) is 9.69. The molecule has 180 valence electrons. The van der Waals surface area contributed by atoms with Crippen molar-refractivity contribution in [3.63, 3.8) is 0 Å². The molecule has 0 N–H and O–H groups in total. The van der Waals surface area contributed by atoms with Gasteiger partial charge in [0.2, 0.25) is 0 Å². The molecule has 33 heavy (non-hydrogen) atoms. The zero-order valence-corrected chi connectivity index (χ0v) is 21.5. The van der Waals surface area contributed by atoms with Crippen LogP contribution in [0.15, 0.2) is 35.1 Å². The number of pyridine rings is 1. The highest BCUT2D eigenvalue weighted by atomic mass is 35.5. The third-order valence-corrected chi connectivity index (χ3v) is 6.72. The maximum Gasteiger partial charge on any atom is 0.338 e. The fraction of sp³-hybridized carbons (Fsp3) is 0.538. The van der Waals surface area contributed by atoms with Crippen LogP contribution in [0.2, 0.25) is 10.0 Å². The maximum absolute atomic E-state index is 12.9. The lowest BCUT2D eigenvalue weighted by Gasteiger charge is -2.29. The van der Waals surface area contributed by atoms with E-state index in [2.05, 4.69) is 11.8 Å². The molecule has 7 heteroatoms. The molecule has 1 fully saturated rings. The number of hydrogen-bond acceptors (Lipinski definition) is 4. The number of nitrogens with zero attached hydrogens (tertiary/aromatic N) is 2. The lowest BCUT2D eigenvalue weighted by atomic mass is 10.1. The molecule has 0 saturated heterocycles. The summed E-state index contributed by atoms with van der Waals surface area (Å²) in [5.41, 5.74) is 1.57. The Balaban J connectivity index is 1.77. The van der Waals surface area contributed by atoms with E-state index in [0.29, 0.717) is 36.1 Å². The highest BCUT2D eigenvalue weighted by Crippen LogP contribution is 2.27. The zero-order valence-electron chi connectivity index (χ0n) is 20.0. The molecule has 0 amide bonds. The second-order valence-corrected chi connectivity index (χ2v) is 10.5. The van der Waals surface area contributed by atoms with Gasteiger partial charge in [0.05, 0.1) is 16.3 Å². The van der Waals surface area contributed by atoms with E-state index in [1.165, 1.54) is 25.7 Å². The van der Waals surface area contributed by atoms with Crippen LogP contribution in [-0.4, -0.2) is 33.6 Å². The number of benzene rings is 1. The number of ether oxygens (including phenoxy) is 1. The summed E-state index contributed by atoms with van der Waals surface area (Å²) in [6, 6.07) is 9.41. The molecule has 1 saturated carbocycles. The number of rotatable bonds is 8. The summed E-state index contributed by atoms with van der Waals surface area (Å²) in [6.45, 7) is 9.68. The van der Waals surface area contributed by atoms with Crippen molar-refractivity contribution < 1.29 is 9.53 Å². The smallest absolute Gasteiger partial charge is 0.338 e. The molecule has 0 radical (unpaired) electrons. The summed E-state index contributed by atoms with van der Waals surface area (Å²) in [5, 5.41) is 0.657. The fourth-order valence-electron chi connectivity index (χ4n) is 4.38. The van der Waals surface area contributed by atoms with Gasteiger partial charge in [-0.3, -0.25) is 9.69 Å². The number of hydrogen-bond donors (Lipinski definition) is 0. The van der Waals surface area contributed by atoms with Crippen molar-refractivity contribution in [3.05, 3.63) is 67.6 Å². The standard InChI is InChI=1S/C26H34Cl2N2O3/c1-5-29(20-8-6-7-9-20)17-23-21(27)16-22(28)24(31)30(23)15-14-18-10-12-19(13-11-18)25(32)33-26(2,3)4/h10-13,16,20H,5-9,14-15,17H2,1-4H3. The van der Waals surface area contributed by atoms with Gasteiger partial charge >= 0.3 is 5.97 Å². The molecule has 0 atom stereocenters. The third kappa shape index (κ3) is 6.84. The average Bonchev–Trinajstić information content (AvgIpc) is 3.28. The Morgan fingerprint density at radius 3 is 2.33 bits per heavy atom. The van der Waals surface area contributed by atoms with Gasteiger partial charge in [0.15, 0.2) is 0 Å². The van der Waals surface area contributed by atoms with Gasteiger partial charge in [0, 0.05) is 19.1 Å². The van der Waals surface area contributed by atoms with Crippen molar-refractivity contribution >= 4 is 29.2 Å². The van der Waals surface area contributed by atoms with E-state index < -0.39 is 5.60 Å². The first-order valence-electron chi connectivity index (χ1n) is 11.7. The van der Waals surface area contributed by atoms with Gasteiger partial charge in [-0.1, -0.05) is 55.1 Å². The number of carbonyl (C=O) groups is 1. The van der Waals surface area contributed by atoms with E-state index in [-0.39, 0.29) is 16.6 Å². The van der Waals surface area contributed by atoms with Crippen LogP contribution in [-0.2, 0) is 24.2 Å². The van der Waals surface area contributed by atoms with E-state index in [1.54, 1.807) is 22.8 Å². The fourth-order valence-corrected chi connectivity index (χ4v) is 4.92. The molecule has 0 spiro atoms. The highest BCUT2D eigenvalue weighted by molar-refractivity contribution is 6.34. The number of esters is 1. The molecular weight excluding hydrogens is 459 g/mol. The Kier molecular flexibility index (Phi) is 8.65. The molecule has 0 unspecified atom stereocenters. The molecule has 1 aromatic heterocycles. The maximum atomic E-state index is 12.9. The average molecular weight is 493 g/mol. The van der Waals surface area contributed by atoms with Gasteiger partial charge in [0.25, 0.3) is 5.56 Å². The number of carbonyl (C=O) groups excluding carboxylic acids is 1. The molecule has 1 aromatic carbocycles. The quantitative estimate of drug-likeness (QED) is 0.416. The van der Waals surface area contributed by atoms with Gasteiger partial charge in [-0.25, -0.2) is 4.79 Å². The molecule has 1 aliphatic rings. The highest BCUT2D eigenvalue weighted by Gasteiger charge is 2.24. The van der Waals surface area contributed by atoms with Crippen molar-refractivity contribution in [3.8, 4) is 0 Å². The summed E-state index contributed by atoms with van der Waals surface area (Å²) in [4.78, 5) is 27.6. The summed E-state index contributed by atoms with van der Waals surface area (Å²) in [7, 11) is 0. The van der Waals surface area contributed by atoms with Gasteiger partial charge in [-0.15, -0.1) is 0 Å². The Bertz CT molecular complexity index is 1020. The SMILES string of the molecule is CCN(Cc1c(Cl)cc(Cl)c(=O)n1CCc1ccc(C(=O)OC(C)(C)C)cc1)C1CCCC1. The Labute approximate surface area is 206 Å². The first kappa shape index (κ1) is 25.8. The minimum absolute atomic E-state index is 0.132. The van der Waals surface area contributed by atoms with Crippen LogP contribution in [0.25, 0.3) is 0 Å². The normalized spacial score (nSPS) is 14.8. The van der Waals surface area contributed by atoms with Gasteiger partial charge in [0.1, 0.15) is 10.6 Å². The molecule has 3 rings (SSSR count). The lowest BCUT2D eigenvalue weighted by molar-refractivity contribution is 0.00695. The molecule has 0 aliphatic heterocycles. The first-order chi connectivity index (χ1) is 15.6. The number of halogens is 2. The minimum Gasteiger partial charge on any atom is -0.456 e. The molecule has 5 nitrogen and oxygen atoms in total. The van der Waals surface area contributed by atoms with Crippen LogP contribution in [0.5, 0.6) is 0 Å². The second kappa shape index (κ2) is 11.1. The van der Waals surface area contributed by atoms with E-state index in [0.717, 1.165) is 17.8 Å². The van der Waals surface area contributed by atoms with Gasteiger partial charge < -0.3 is 9.30 Å². The van der Waals surface area contributed by atoms with Gasteiger partial charge in [-0.2, -0.15) is 0 Å². The van der Waals surface area contributed by atoms with Crippen LogP contribution in [0.1, 0.15) is 75.0 Å². The van der Waals surface area contributed by atoms with E-state index in [4.69, 9.17) is 27.9 Å². The third-order valence-electron chi connectivity index (χ3n) is 6.12. The van der Waals surface area contributed by atoms with Crippen LogP contribution in [0.4, 0.5) is 0 Å². The van der Waals surface area contributed by atoms with Crippen LogP contribution in [0, 0.1) is 0 Å². The zero-order chi connectivity index (χ0) is 24.2. The van der Waals surface area contributed by atoms with Crippen molar-refractivity contribution in [2.45, 2.75) is 84.5 Å². The first-order valence-corrected chi connectivity index (χ1v) is 12.5. The molecule has 1 aliphatic carbocycles. The van der Waals surface area contributed by atoms with E-state index >= 15 is 0 Å². The topological polar surface area (TPSA) is 51.5 Å². The number of aromatic nitrogens is 1. The Morgan fingerprint density at radius 2 is 1.76 bits per heavy atom. The predicted octanol–water partition coefficient (Wildman–Crippen LogP) is 6.12. The van der Waals surface area contributed by atoms with E-state index in [1.807, 2.05) is 32.9 Å². The summed E-state index contributed by atoms with van der Waals surface area (Å²) < 4.78 is 7.13. The molecular formula is C26H34Cl2N2O3. The predicted molar refractivity (Wildman–Crippen MR) is 134 cm³/mol. The van der Waals surface area contributed by atoms with E-state index in [9.17, 15) is 9.59 Å². The van der Waals surface area contributed by atoms with Crippen LogP contribution in [0.3, 0.4) is 0 Å². The minimum atomic E-state index is -0.538. The van der Waals surface area contributed by atoms with Crippen molar-refractivity contribution in [2.75, 3.05) is 6.54 Å². The van der Waals surface area contributed by atoms with Crippen molar-refractivity contribution in [1.29, 1.82) is 0 Å². The lowest BCUT2D eigenvalue weighted by Crippen LogP contribution is -2.36. The summed E-state index contributed by atoms with van der Waals surface area (Å²) in [5.74, 6) is -0.347. The van der Waals surface area contributed by atoms with Crippen molar-refractivity contribution in [1.82, 2.24) is 9.47 Å². The Hall–Kier alpha value is -1.82. The van der Waals surface area contributed by atoms with Gasteiger partial charge in [-0.05, 0) is 70.3 Å².